The first-order valence-electron chi connectivity index (χ1n) is 8.90. The van der Waals surface area contributed by atoms with E-state index in [1.165, 1.54) is 0 Å². The quantitative estimate of drug-likeness (QED) is 0.847. The lowest BCUT2D eigenvalue weighted by atomic mass is 9.85. The second-order valence-electron chi connectivity index (χ2n) is 6.55. The molecule has 0 aromatic heterocycles. The van der Waals surface area contributed by atoms with E-state index in [2.05, 4.69) is 22.8 Å². The number of para-hydroxylation sites is 2. The normalized spacial score (nSPS) is 21.8. The Labute approximate surface area is 163 Å². The van der Waals surface area contributed by atoms with E-state index < -0.39 is 0 Å². The zero-order chi connectivity index (χ0) is 18.8. The van der Waals surface area contributed by atoms with E-state index in [0.29, 0.717) is 5.75 Å². The van der Waals surface area contributed by atoms with Gasteiger partial charge in [0.1, 0.15) is 17.3 Å². The van der Waals surface area contributed by atoms with Crippen LogP contribution in [0.25, 0.3) is 0 Å². The molecule has 2 aliphatic rings. The average molecular weight is 382 g/mol. The fourth-order valence-corrected chi connectivity index (χ4v) is 4.83. The van der Waals surface area contributed by atoms with Gasteiger partial charge in [-0.3, -0.25) is 4.79 Å². The number of methoxy groups -OCH3 is 2. The Bertz CT molecular complexity index is 897. The molecule has 0 unspecified atom stereocenters. The molecule has 0 bridgehead atoms. The van der Waals surface area contributed by atoms with Crippen molar-refractivity contribution in [1.82, 2.24) is 10.6 Å². The minimum absolute atomic E-state index is 0.0192. The van der Waals surface area contributed by atoms with Gasteiger partial charge in [-0.2, -0.15) is 0 Å². The summed E-state index contributed by atoms with van der Waals surface area (Å²) in [5.74, 6) is 3.10. The zero-order valence-electron chi connectivity index (χ0n) is 15.3. The number of amides is 1. The third-order valence-electron chi connectivity index (χ3n) is 5.00. The molecule has 2 atom stereocenters. The van der Waals surface area contributed by atoms with Crippen molar-refractivity contribution in [3.05, 3.63) is 70.4 Å². The number of hydrogen-bond acceptors (Lipinski definition) is 5. The monoisotopic (exact) mass is 382 g/mol. The first kappa shape index (κ1) is 17.8. The van der Waals surface area contributed by atoms with Gasteiger partial charge >= 0.3 is 0 Å². The molecule has 0 fully saturated rings. The lowest BCUT2D eigenvalue weighted by Crippen LogP contribution is -2.42. The van der Waals surface area contributed by atoms with Crippen molar-refractivity contribution < 1.29 is 14.3 Å². The topological polar surface area (TPSA) is 59.6 Å². The minimum Gasteiger partial charge on any atom is -0.496 e. The second kappa shape index (κ2) is 7.56. The van der Waals surface area contributed by atoms with Crippen LogP contribution in [0.5, 0.6) is 11.5 Å². The van der Waals surface area contributed by atoms with Crippen molar-refractivity contribution in [2.24, 2.45) is 0 Å². The molecule has 6 heteroatoms. The summed E-state index contributed by atoms with van der Waals surface area (Å²) in [5.41, 5.74) is 2.22. The maximum Gasteiger partial charge on any atom is 0.235 e. The molecule has 0 saturated heterocycles. The van der Waals surface area contributed by atoms with Crippen LogP contribution < -0.4 is 20.1 Å². The largest absolute Gasteiger partial charge is 0.496 e. The van der Waals surface area contributed by atoms with Crippen LogP contribution in [0.2, 0.25) is 0 Å². The van der Waals surface area contributed by atoms with Crippen molar-refractivity contribution >= 4 is 17.7 Å². The van der Waals surface area contributed by atoms with Crippen LogP contribution in [-0.4, -0.2) is 25.9 Å². The van der Waals surface area contributed by atoms with Crippen LogP contribution in [0.3, 0.4) is 0 Å². The second-order valence-corrected chi connectivity index (χ2v) is 7.56. The summed E-state index contributed by atoms with van der Waals surface area (Å²) >= 11 is 1.60. The predicted octanol–water partition coefficient (Wildman–Crippen LogP) is 3.55. The lowest BCUT2D eigenvalue weighted by molar-refractivity contribution is -0.118. The van der Waals surface area contributed by atoms with E-state index in [9.17, 15) is 4.79 Å². The number of carbonyl (C=O) groups is 1. The minimum atomic E-state index is 0.0192. The van der Waals surface area contributed by atoms with Crippen molar-refractivity contribution in [1.29, 1.82) is 0 Å². The summed E-state index contributed by atoms with van der Waals surface area (Å²) in [6.45, 7) is 0. The number of thioether (sulfide) groups is 1. The van der Waals surface area contributed by atoms with E-state index >= 15 is 0 Å². The molecule has 0 radical (unpaired) electrons. The summed E-state index contributed by atoms with van der Waals surface area (Å²) < 4.78 is 11.2. The molecular formula is C21H22N2O3S. The predicted molar refractivity (Wildman–Crippen MR) is 107 cm³/mol. The Morgan fingerprint density at radius 3 is 2.30 bits per heavy atom. The fourth-order valence-electron chi connectivity index (χ4n) is 3.79. The van der Waals surface area contributed by atoms with Gasteiger partial charge in [0, 0.05) is 21.9 Å². The number of allylic oxidation sites excluding steroid dienone is 1. The van der Waals surface area contributed by atoms with Gasteiger partial charge in [0.05, 0.1) is 26.0 Å². The van der Waals surface area contributed by atoms with Crippen LogP contribution in [0, 0.1) is 0 Å². The van der Waals surface area contributed by atoms with E-state index in [1.54, 1.807) is 26.0 Å². The third kappa shape index (κ3) is 3.37. The maximum absolute atomic E-state index is 12.0. The van der Waals surface area contributed by atoms with Gasteiger partial charge in [-0.15, -0.1) is 11.8 Å². The first-order valence-corrected chi connectivity index (χ1v) is 9.89. The molecule has 2 aliphatic heterocycles. The highest BCUT2D eigenvalue weighted by Crippen LogP contribution is 2.48. The third-order valence-corrected chi connectivity index (χ3v) is 6.21. The van der Waals surface area contributed by atoms with E-state index in [4.69, 9.17) is 9.47 Å². The van der Waals surface area contributed by atoms with E-state index in [-0.39, 0.29) is 17.9 Å². The van der Waals surface area contributed by atoms with Crippen LogP contribution in [0.4, 0.5) is 0 Å². The van der Waals surface area contributed by atoms with Crippen molar-refractivity contribution in [3.8, 4) is 11.5 Å². The summed E-state index contributed by atoms with van der Waals surface area (Å²) in [6.07, 6.45) is 0.850. The van der Waals surface area contributed by atoms with E-state index in [1.807, 2.05) is 36.4 Å². The SMILES string of the molecule is COc1ccccc1[C@@H]1C[C@H](c2ccccc2OC)C2=C(NC(=O)CS2)N1. The number of nitrogens with one attached hydrogen (secondary N) is 2. The maximum atomic E-state index is 12.0. The van der Waals surface area contributed by atoms with Gasteiger partial charge < -0.3 is 20.1 Å². The van der Waals surface area contributed by atoms with Crippen LogP contribution in [0.15, 0.2) is 59.3 Å². The van der Waals surface area contributed by atoms with Gasteiger partial charge in [-0.25, -0.2) is 0 Å². The van der Waals surface area contributed by atoms with Crippen LogP contribution in [0.1, 0.15) is 29.5 Å². The Morgan fingerprint density at radius 1 is 0.963 bits per heavy atom. The molecule has 2 aromatic carbocycles. The van der Waals surface area contributed by atoms with Gasteiger partial charge in [-0.05, 0) is 18.6 Å². The zero-order valence-corrected chi connectivity index (χ0v) is 16.1. The summed E-state index contributed by atoms with van der Waals surface area (Å²) in [4.78, 5) is 13.2. The smallest absolute Gasteiger partial charge is 0.235 e. The average Bonchev–Trinajstić information content (AvgIpc) is 2.72. The molecule has 0 aliphatic carbocycles. The number of benzene rings is 2. The highest BCUT2D eigenvalue weighted by atomic mass is 32.2. The number of rotatable bonds is 4. The van der Waals surface area contributed by atoms with Crippen molar-refractivity contribution in [3.63, 3.8) is 0 Å². The number of carbonyl (C=O) groups excluding carboxylic acids is 1. The van der Waals surface area contributed by atoms with Crippen LogP contribution >= 0.6 is 11.8 Å². The highest BCUT2D eigenvalue weighted by molar-refractivity contribution is 8.03. The lowest BCUT2D eigenvalue weighted by Gasteiger charge is -2.38. The molecule has 27 heavy (non-hydrogen) atoms. The Balaban J connectivity index is 1.79. The molecule has 5 nitrogen and oxygen atoms in total. The summed E-state index contributed by atoms with van der Waals surface area (Å²) in [5, 5.41) is 6.54. The first-order chi connectivity index (χ1) is 13.2. The van der Waals surface area contributed by atoms with E-state index in [0.717, 1.165) is 39.8 Å². The molecule has 140 valence electrons. The van der Waals surface area contributed by atoms with Gasteiger partial charge in [0.25, 0.3) is 0 Å². The molecule has 1 amide bonds. The summed E-state index contributed by atoms with van der Waals surface area (Å²) in [6, 6.07) is 16.1. The number of ether oxygens (including phenoxy) is 2. The highest BCUT2D eigenvalue weighted by Gasteiger charge is 2.36. The van der Waals surface area contributed by atoms with Crippen molar-refractivity contribution in [2.45, 2.75) is 18.4 Å². The fraction of sp³-hybridized carbons (Fsp3) is 0.286. The van der Waals surface area contributed by atoms with Gasteiger partial charge in [-0.1, -0.05) is 36.4 Å². The molecule has 2 heterocycles. The Kier molecular flexibility index (Phi) is 4.99. The standard InChI is InChI=1S/C21H22N2O3S/c1-25-17-9-5-3-7-13(17)15-11-16(14-8-4-6-10-18(14)26-2)22-21-20(15)27-12-19(24)23-21/h3-10,15-16,22H,11-12H2,1-2H3,(H,23,24)/t15-,16+/m1/s1. The molecule has 0 saturated carbocycles. The molecule has 4 rings (SSSR count). The van der Waals surface area contributed by atoms with Gasteiger partial charge in [0.15, 0.2) is 0 Å². The number of hydrogen-bond donors (Lipinski definition) is 2. The van der Waals surface area contributed by atoms with Crippen molar-refractivity contribution in [2.75, 3.05) is 20.0 Å². The Hall–Kier alpha value is -2.60. The van der Waals surface area contributed by atoms with Gasteiger partial charge in [0.2, 0.25) is 5.91 Å². The van der Waals surface area contributed by atoms with Crippen LogP contribution in [-0.2, 0) is 4.79 Å². The molecule has 2 aromatic rings. The molecule has 2 N–H and O–H groups in total. The molecule has 0 spiro atoms. The Morgan fingerprint density at radius 2 is 1.59 bits per heavy atom. The summed E-state index contributed by atoms with van der Waals surface area (Å²) in [7, 11) is 3.38. The molecular weight excluding hydrogens is 360 g/mol.